The van der Waals surface area contributed by atoms with Gasteiger partial charge in [0, 0.05) is 20.0 Å². The topological polar surface area (TPSA) is 63.3 Å². The van der Waals surface area contributed by atoms with E-state index in [0.29, 0.717) is 11.3 Å². The molecule has 5 heteroatoms. The molecule has 3 nitrogen and oxygen atoms in total. The van der Waals surface area contributed by atoms with E-state index < -0.39 is 5.97 Å². The first-order valence-electron chi connectivity index (χ1n) is 5.58. The Balaban J connectivity index is 2.21. The maximum Gasteiger partial charge on any atom is 0.307 e. The zero-order valence-corrected chi connectivity index (χ0v) is 12.4. The number of carboxylic acids is 1. The average Bonchev–Trinajstić information content (AvgIpc) is 2.36. The minimum absolute atomic E-state index is 0.0550. The van der Waals surface area contributed by atoms with E-state index in [1.165, 1.54) is 0 Å². The van der Waals surface area contributed by atoms with Crippen molar-refractivity contribution in [2.24, 2.45) is 0 Å². The number of hydrogen-bond acceptors (Lipinski definition) is 3. The number of nitrogens with two attached hydrogens (primary N) is 1. The standard InChI is InChI=1S/C14H12BrNO2S/c15-10-1-3-11(4-2-10)19-12-5-6-13(16)9(7-12)8-14(17)18/h1-7H,8,16H2,(H,17,18). The van der Waals surface area contributed by atoms with Gasteiger partial charge in [-0.15, -0.1) is 0 Å². The van der Waals surface area contributed by atoms with E-state index in [-0.39, 0.29) is 6.42 Å². The van der Waals surface area contributed by atoms with E-state index in [0.717, 1.165) is 14.3 Å². The molecule has 98 valence electrons. The first-order valence-corrected chi connectivity index (χ1v) is 7.19. The van der Waals surface area contributed by atoms with E-state index >= 15 is 0 Å². The van der Waals surface area contributed by atoms with E-state index in [1.807, 2.05) is 36.4 Å². The molecule has 2 aromatic rings. The summed E-state index contributed by atoms with van der Waals surface area (Å²) in [4.78, 5) is 12.8. The first-order chi connectivity index (χ1) is 9.04. The minimum Gasteiger partial charge on any atom is -0.481 e. The van der Waals surface area contributed by atoms with Crippen LogP contribution in [-0.4, -0.2) is 11.1 Å². The Kier molecular flexibility index (Phi) is 4.50. The lowest BCUT2D eigenvalue weighted by molar-refractivity contribution is -0.136. The van der Waals surface area contributed by atoms with Crippen LogP contribution in [0.1, 0.15) is 5.56 Å². The fourth-order valence-electron chi connectivity index (χ4n) is 1.60. The molecule has 0 amide bonds. The Hall–Kier alpha value is -1.46. The summed E-state index contributed by atoms with van der Waals surface area (Å²) in [7, 11) is 0. The van der Waals surface area contributed by atoms with Gasteiger partial charge in [0.2, 0.25) is 0 Å². The largest absolute Gasteiger partial charge is 0.481 e. The van der Waals surface area contributed by atoms with Crippen LogP contribution in [0, 0.1) is 0 Å². The second kappa shape index (κ2) is 6.12. The highest BCUT2D eigenvalue weighted by Crippen LogP contribution is 2.30. The highest BCUT2D eigenvalue weighted by Gasteiger charge is 2.07. The number of benzene rings is 2. The van der Waals surface area contributed by atoms with Crippen LogP contribution >= 0.6 is 27.7 Å². The van der Waals surface area contributed by atoms with Crippen molar-refractivity contribution in [2.75, 3.05) is 5.73 Å². The molecule has 0 radical (unpaired) electrons. The second-order valence-corrected chi connectivity index (χ2v) is 6.05. The summed E-state index contributed by atoms with van der Waals surface area (Å²) in [5.41, 5.74) is 6.94. The molecule has 0 aliphatic carbocycles. The van der Waals surface area contributed by atoms with Crippen molar-refractivity contribution in [1.82, 2.24) is 0 Å². The van der Waals surface area contributed by atoms with Gasteiger partial charge in [0.1, 0.15) is 0 Å². The van der Waals surface area contributed by atoms with Gasteiger partial charge in [-0.25, -0.2) is 0 Å². The molecule has 0 saturated carbocycles. The molecule has 0 heterocycles. The van der Waals surface area contributed by atoms with Gasteiger partial charge in [-0.1, -0.05) is 27.7 Å². The summed E-state index contributed by atoms with van der Waals surface area (Å²) in [5.74, 6) is -0.877. The van der Waals surface area contributed by atoms with Gasteiger partial charge in [0.05, 0.1) is 6.42 Å². The molecule has 0 aliphatic heterocycles. The van der Waals surface area contributed by atoms with Crippen molar-refractivity contribution in [1.29, 1.82) is 0 Å². The van der Waals surface area contributed by atoms with Gasteiger partial charge in [-0.3, -0.25) is 4.79 Å². The molecule has 0 aromatic heterocycles. The van der Waals surface area contributed by atoms with Crippen LogP contribution < -0.4 is 5.73 Å². The van der Waals surface area contributed by atoms with Crippen LogP contribution in [0.25, 0.3) is 0 Å². The molecule has 0 spiro atoms. The molecular weight excluding hydrogens is 326 g/mol. The Bertz CT molecular complexity index is 599. The third-order valence-corrected chi connectivity index (χ3v) is 4.03. The normalized spacial score (nSPS) is 10.4. The number of carboxylic acid groups (broad SMARTS) is 1. The molecule has 0 atom stereocenters. The lowest BCUT2D eigenvalue weighted by atomic mass is 10.1. The van der Waals surface area contributed by atoms with Gasteiger partial charge >= 0.3 is 5.97 Å². The highest BCUT2D eigenvalue weighted by molar-refractivity contribution is 9.10. The van der Waals surface area contributed by atoms with Crippen molar-refractivity contribution in [3.63, 3.8) is 0 Å². The zero-order chi connectivity index (χ0) is 13.8. The number of hydrogen-bond donors (Lipinski definition) is 2. The molecule has 19 heavy (non-hydrogen) atoms. The quantitative estimate of drug-likeness (QED) is 0.832. The predicted molar refractivity (Wildman–Crippen MR) is 80.5 cm³/mol. The number of carbonyl (C=O) groups is 1. The number of anilines is 1. The molecule has 3 N–H and O–H groups in total. The Morgan fingerprint density at radius 3 is 2.42 bits per heavy atom. The zero-order valence-electron chi connectivity index (χ0n) is 9.97. The van der Waals surface area contributed by atoms with E-state index in [1.54, 1.807) is 17.8 Å². The first kappa shape index (κ1) is 14.0. The summed E-state index contributed by atoms with van der Waals surface area (Å²) in [5, 5.41) is 8.83. The Labute approximate surface area is 124 Å². The van der Waals surface area contributed by atoms with Gasteiger partial charge in [0.15, 0.2) is 0 Å². The summed E-state index contributed by atoms with van der Waals surface area (Å²) >= 11 is 4.97. The average molecular weight is 338 g/mol. The maximum atomic E-state index is 10.8. The Morgan fingerprint density at radius 1 is 1.16 bits per heavy atom. The number of nitrogen functional groups attached to an aromatic ring is 1. The van der Waals surface area contributed by atoms with Crippen LogP contribution in [-0.2, 0) is 11.2 Å². The summed E-state index contributed by atoms with van der Waals surface area (Å²) in [6.45, 7) is 0. The van der Waals surface area contributed by atoms with E-state index in [4.69, 9.17) is 10.8 Å². The predicted octanol–water partition coefficient (Wildman–Crippen LogP) is 3.81. The highest BCUT2D eigenvalue weighted by atomic mass is 79.9. The molecule has 0 fully saturated rings. The molecule has 0 saturated heterocycles. The van der Waals surface area contributed by atoms with Crippen molar-refractivity contribution < 1.29 is 9.90 Å². The number of aliphatic carboxylic acids is 1. The Morgan fingerprint density at radius 2 is 1.79 bits per heavy atom. The third kappa shape index (κ3) is 4.01. The SMILES string of the molecule is Nc1ccc(Sc2ccc(Br)cc2)cc1CC(=O)O. The molecular formula is C14H12BrNO2S. The molecule has 0 bridgehead atoms. The molecule has 0 unspecified atom stereocenters. The summed E-state index contributed by atoms with van der Waals surface area (Å²) < 4.78 is 1.03. The smallest absolute Gasteiger partial charge is 0.307 e. The summed E-state index contributed by atoms with van der Waals surface area (Å²) in [6, 6.07) is 13.4. The van der Waals surface area contributed by atoms with Gasteiger partial charge < -0.3 is 10.8 Å². The van der Waals surface area contributed by atoms with Crippen molar-refractivity contribution in [2.45, 2.75) is 16.2 Å². The fraction of sp³-hybridized carbons (Fsp3) is 0.0714. The van der Waals surface area contributed by atoms with E-state index in [2.05, 4.69) is 15.9 Å². The number of halogens is 1. The van der Waals surface area contributed by atoms with Crippen molar-refractivity contribution >= 4 is 39.3 Å². The minimum atomic E-state index is -0.877. The van der Waals surface area contributed by atoms with Crippen molar-refractivity contribution in [3.8, 4) is 0 Å². The van der Waals surface area contributed by atoms with Gasteiger partial charge in [-0.05, 0) is 48.0 Å². The second-order valence-electron chi connectivity index (χ2n) is 3.99. The van der Waals surface area contributed by atoms with Gasteiger partial charge in [-0.2, -0.15) is 0 Å². The lowest BCUT2D eigenvalue weighted by Gasteiger charge is -2.07. The van der Waals surface area contributed by atoms with Crippen LogP contribution in [0.4, 0.5) is 5.69 Å². The summed E-state index contributed by atoms with van der Waals surface area (Å²) in [6.07, 6.45) is -0.0550. The van der Waals surface area contributed by atoms with Crippen LogP contribution in [0.3, 0.4) is 0 Å². The fourth-order valence-corrected chi connectivity index (χ4v) is 2.75. The molecule has 2 aromatic carbocycles. The molecule has 2 rings (SSSR count). The van der Waals surface area contributed by atoms with Crippen LogP contribution in [0.5, 0.6) is 0 Å². The van der Waals surface area contributed by atoms with Gasteiger partial charge in [0.25, 0.3) is 0 Å². The molecule has 0 aliphatic rings. The lowest BCUT2D eigenvalue weighted by Crippen LogP contribution is -2.03. The maximum absolute atomic E-state index is 10.8. The van der Waals surface area contributed by atoms with Crippen LogP contribution in [0.2, 0.25) is 0 Å². The number of rotatable bonds is 4. The van der Waals surface area contributed by atoms with Crippen molar-refractivity contribution in [3.05, 3.63) is 52.5 Å². The third-order valence-electron chi connectivity index (χ3n) is 2.51. The van der Waals surface area contributed by atoms with E-state index in [9.17, 15) is 4.79 Å². The monoisotopic (exact) mass is 337 g/mol. The van der Waals surface area contributed by atoms with Crippen LogP contribution in [0.15, 0.2) is 56.7 Å².